The van der Waals surface area contributed by atoms with Gasteiger partial charge < -0.3 is 25.1 Å². The Morgan fingerprint density at radius 3 is 1.30 bits per heavy atom. The molecular formula is C21H35I9N2O2VW2-. The van der Waals surface area contributed by atoms with Crippen molar-refractivity contribution < 1.29 is 61.8 Å². The Balaban J connectivity index is -0.0000000465. The van der Waals surface area contributed by atoms with Gasteiger partial charge in [-0.2, -0.15) is 0 Å². The summed E-state index contributed by atoms with van der Waals surface area (Å²) in [5, 5.41) is 17.1. The number of hydrogen-bond acceptors (Lipinski definition) is 3. The molecule has 0 saturated carbocycles. The molecule has 0 aliphatic heterocycles. The first-order valence-corrected chi connectivity index (χ1v) is 29.6. The molecule has 2 aromatic heterocycles. The van der Waals surface area contributed by atoms with Crippen molar-refractivity contribution in [2.24, 2.45) is 7.05 Å². The molecule has 2 heterocycles. The number of aromatic nitrogens is 2. The van der Waals surface area contributed by atoms with E-state index < -0.39 is 0 Å². The Labute approximate surface area is 375 Å². The number of alkyl halides is 6. The van der Waals surface area contributed by atoms with E-state index >= 15 is 0 Å². The van der Waals surface area contributed by atoms with Crippen molar-refractivity contribution in [3.63, 3.8) is 0 Å². The van der Waals surface area contributed by atoms with Gasteiger partial charge in [-0.1, -0.05) is 142 Å². The van der Waals surface area contributed by atoms with Crippen LogP contribution >= 0.6 is 195 Å². The summed E-state index contributed by atoms with van der Waals surface area (Å²) < 4.78 is 4.33. The average molecular weight is 1910 g/mol. The van der Waals surface area contributed by atoms with Crippen LogP contribution in [-0.4, -0.2) is 21.0 Å². The summed E-state index contributed by atoms with van der Waals surface area (Å²) in [7, 11) is 1.95. The minimum absolute atomic E-state index is 0. The standard InChI is InChI=1S/C7H10NO.C6H7NO.C2H3I3.C2H4I2.C2H5I.2CH3.3HI.V.2W/c1-8-4-2-7(6-9)3-5-8;8-5-6-1-3-7-4-2-6;1-2(3,4)5;1-2(3)4;1-2-3;;;;;;;;/h2-5,9H,6H2,1H3;1-4,8H,5H2;1H3;2H,1H3;2H2,1H3;2*1H3;3*1H;;;/q+1;;;;;2*-1;;;;+3;;/p-3. The average Bonchev–Trinajstić information content (AvgIpc) is 2.68. The normalized spacial score (nSPS) is 8.35. The van der Waals surface area contributed by atoms with Gasteiger partial charge in [-0.05, 0) is 41.5 Å². The minimum Gasteiger partial charge on any atom is 0 e. The van der Waals surface area contributed by atoms with E-state index in [9.17, 15) is 0 Å². The van der Waals surface area contributed by atoms with Crippen molar-refractivity contribution in [3.8, 4) is 0 Å². The van der Waals surface area contributed by atoms with Crippen LogP contribution in [0.25, 0.3) is 0 Å². The first-order chi connectivity index (χ1) is 15.1. The van der Waals surface area contributed by atoms with Crippen LogP contribution < -0.4 is 4.57 Å². The predicted molar refractivity (Wildman–Crippen MR) is 231 cm³/mol. The molecule has 4 nitrogen and oxygen atoms in total. The number of aryl methyl sites for hydroxylation is 1. The molecule has 16 heteroatoms. The zero-order valence-corrected chi connectivity index (χ0v) is 48.0. The third kappa shape index (κ3) is 85.9. The summed E-state index contributed by atoms with van der Waals surface area (Å²) in [5.74, 6) is 0. The van der Waals surface area contributed by atoms with Gasteiger partial charge in [-0.15, -0.1) is 0 Å². The van der Waals surface area contributed by atoms with Crippen LogP contribution in [0.4, 0.5) is 0 Å². The third-order valence-corrected chi connectivity index (χ3v) is 2.16. The van der Waals surface area contributed by atoms with Crippen LogP contribution in [0, 0.1) is 14.9 Å². The molecule has 0 aliphatic rings. The van der Waals surface area contributed by atoms with Gasteiger partial charge in [0.1, 0.15) is 6.48 Å². The number of pyridine rings is 2. The zero-order valence-electron chi connectivity index (χ0n) is 21.3. The summed E-state index contributed by atoms with van der Waals surface area (Å²) in [5.41, 5.74) is 1.85. The van der Waals surface area contributed by atoms with E-state index in [0.717, 1.165) is 13.1 Å². The second kappa shape index (κ2) is 47.2. The molecule has 0 aromatic carbocycles. The van der Waals surface area contributed by atoms with E-state index in [2.05, 4.69) is 221 Å². The van der Waals surface area contributed by atoms with E-state index in [0.29, 0.717) is -0.565 Å². The smallest absolute Gasteiger partial charge is 0 e. The van der Waals surface area contributed by atoms with Crippen molar-refractivity contribution in [1.29, 1.82) is 0 Å². The van der Waals surface area contributed by atoms with Crippen molar-refractivity contribution in [2.75, 3.05) is 4.43 Å². The number of nitrogens with zero attached hydrogens (tertiary/aromatic N) is 2. The first kappa shape index (κ1) is 62.6. The van der Waals surface area contributed by atoms with Gasteiger partial charge in [0.25, 0.3) is 0 Å². The molecule has 0 fully saturated rings. The molecular weight excluding hydrogens is 1870 g/mol. The van der Waals surface area contributed by atoms with E-state index in [-0.39, 0.29) is 75.1 Å². The molecule has 0 spiro atoms. The second-order valence-electron chi connectivity index (χ2n) is 5.30. The molecule has 222 valence electrons. The van der Waals surface area contributed by atoms with Crippen LogP contribution in [-0.2, 0) is 67.3 Å². The molecule has 37 heavy (non-hydrogen) atoms. The monoisotopic (exact) mass is 1910 g/mol. The van der Waals surface area contributed by atoms with Crippen LogP contribution in [0.5, 0.6) is 0 Å². The number of halogens is 9. The van der Waals surface area contributed by atoms with E-state index in [1.54, 1.807) is 24.5 Å². The maximum atomic E-state index is 8.62. The summed E-state index contributed by atoms with van der Waals surface area (Å²) in [6.07, 6.45) is 7.13. The molecule has 0 atom stereocenters. The second-order valence-corrected chi connectivity index (χ2v) is 61.0. The third-order valence-electron chi connectivity index (χ3n) is 2.16. The topological polar surface area (TPSA) is 57.2 Å². The molecule has 2 N–H and O–H groups in total. The fourth-order valence-electron chi connectivity index (χ4n) is 1.13. The number of aliphatic hydroxyl groups is 2. The minimum atomic E-state index is -0.278. The van der Waals surface area contributed by atoms with Crippen LogP contribution in [0.15, 0.2) is 49.1 Å². The number of hydrogen-bond donors (Lipinski definition) is 2. The molecule has 2 rings (SSSR count). The molecule has 2 aromatic rings. The van der Waals surface area contributed by atoms with Crippen molar-refractivity contribution in [3.05, 3.63) is 75.0 Å². The van der Waals surface area contributed by atoms with E-state index in [4.69, 9.17) is 10.2 Å². The fourth-order valence-corrected chi connectivity index (χ4v) is 1.13. The molecule has 0 unspecified atom stereocenters. The summed E-state index contributed by atoms with van der Waals surface area (Å²) in [6.45, 7) is 6.62. The van der Waals surface area contributed by atoms with Gasteiger partial charge in [-0.25, -0.2) is 4.57 Å². The Kier molecular flexibility index (Phi) is 79.7. The Hall–Kier alpha value is 6.75. The Morgan fingerprint density at radius 1 is 0.892 bits per heavy atom. The van der Waals surface area contributed by atoms with Crippen LogP contribution in [0.2, 0.25) is 0 Å². The van der Waals surface area contributed by atoms with Gasteiger partial charge in [0.05, 0.1) is 15.1 Å². The quantitative estimate of drug-likeness (QED) is 0.136. The predicted octanol–water partition coefficient (Wildman–Crippen LogP) is 10.7. The summed E-state index contributed by atoms with van der Waals surface area (Å²) in [4.78, 5) is 3.50. The maximum absolute atomic E-state index is 8.62. The molecule has 0 amide bonds. The van der Waals surface area contributed by atoms with Crippen molar-refractivity contribution in [2.45, 2.75) is 35.4 Å². The summed E-state index contributed by atoms with van der Waals surface area (Å²) in [6, 6.07) is 7.33. The first-order valence-electron chi connectivity index (χ1n) is 8.87. The molecule has 0 saturated heterocycles. The molecule has 0 aliphatic carbocycles. The zero-order chi connectivity index (χ0) is 26.9. The van der Waals surface area contributed by atoms with Crippen molar-refractivity contribution in [1.82, 2.24) is 4.98 Å². The molecule has 0 bridgehead atoms. The number of aliphatic hydroxyl groups excluding tert-OH is 2. The fraction of sp³-hybridized carbons (Fsp3) is 0.429. The van der Waals surface area contributed by atoms with Gasteiger partial charge in [0.2, 0.25) is 0 Å². The summed E-state index contributed by atoms with van der Waals surface area (Å²) >= 11 is 21.4. The van der Waals surface area contributed by atoms with Crippen LogP contribution in [0.3, 0.4) is 0 Å². The van der Waals surface area contributed by atoms with Gasteiger partial charge >= 0.3 is 64.9 Å². The SMILES string of the molecule is CC(I)(I)I.CC(I)I.CCI.C[n+]1ccc(CO)cc1.OCc1ccncc1.[CH3-].[CH3-].[I][V]([I])[I].[W].[W]. The van der Waals surface area contributed by atoms with Gasteiger partial charge in [0.15, 0.2) is 12.4 Å². The maximum Gasteiger partial charge on any atom is 0 e. The van der Waals surface area contributed by atoms with Crippen molar-refractivity contribution >= 4 is 195 Å². The van der Waals surface area contributed by atoms with Gasteiger partial charge in [-0.3, -0.25) is 4.98 Å². The number of rotatable bonds is 2. The van der Waals surface area contributed by atoms with Crippen LogP contribution in [0.1, 0.15) is 31.9 Å². The largest absolute Gasteiger partial charge is 0 e. The Bertz CT molecular complexity index is 616. The molecule has 0 radical (unpaired) electrons. The van der Waals surface area contributed by atoms with E-state index in [1.807, 2.05) is 36.1 Å². The van der Waals surface area contributed by atoms with Gasteiger partial charge in [0, 0.05) is 66.7 Å². The van der Waals surface area contributed by atoms with E-state index in [1.165, 1.54) is 4.43 Å². The Morgan fingerprint density at radius 2 is 1.11 bits per heavy atom.